The van der Waals surface area contributed by atoms with Crippen LogP contribution in [0, 0.1) is 0 Å². The zero-order valence-corrected chi connectivity index (χ0v) is 19.4. The first-order chi connectivity index (χ1) is 15.7. The maximum Gasteiger partial charge on any atom is 0.277 e. The Hall–Kier alpha value is -3.00. The molecule has 1 amide bonds. The topological polar surface area (TPSA) is 74.5 Å². The molecule has 1 fully saturated rings. The number of anilines is 3. The van der Waals surface area contributed by atoms with Crippen molar-refractivity contribution in [2.45, 2.75) is 31.9 Å². The Kier molecular flexibility index (Phi) is 7.32. The largest absolute Gasteiger partial charge is 0.411 e. The quantitative estimate of drug-likeness (QED) is 0.463. The molecule has 0 atom stereocenters. The van der Waals surface area contributed by atoms with E-state index in [4.69, 9.17) is 4.42 Å². The Balaban J connectivity index is 1.28. The highest BCUT2D eigenvalue weighted by Crippen LogP contribution is 2.26. The summed E-state index contributed by atoms with van der Waals surface area (Å²) in [5.74, 6) is 0.555. The van der Waals surface area contributed by atoms with E-state index < -0.39 is 0 Å². The zero-order chi connectivity index (χ0) is 22.3. The summed E-state index contributed by atoms with van der Waals surface area (Å²) >= 11 is 1.23. The lowest BCUT2D eigenvalue weighted by molar-refractivity contribution is -0.113. The first-order valence-electron chi connectivity index (χ1n) is 11.1. The molecule has 0 saturated carbocycles. The van der Waals surface area contributed by atoms with Crippen LogP contribution in [0.2, 0.25) is 0 Å². The SMILES string of the molecule is CCN(CC)c1ccc(-c2nnc(SCC(=O)Nc3ccc(N4CCCC4)cc3)o2)cc1. The number of nitrogens with one attached hydrogen (secondary N) is 1. The second-order valence-corrected chi connectivity index (χ2v) is 8.60. The van der Waals surface area contributed by atoms with E-state index in [2.05, 4.69) is 63.4 Å². The predicted molar refractivity (Wildman–Crippen MR) is 131 cm³/mol. The highest BCUT2D eigenvalue weighted by atomic mass is 32.2. The van der Waals surface area contributed by atoms with Gasteiger partial charge in [0.25, 0.3) is 5.22 Å². The van der Waals surface area contributed by atoms with Crippen LogP contribution in [-0.4, -0.2) is 48.0 Å². The van der Waals surface area contributed by atoms with Crippen LogP contribution in [-0.2, 0) is 4.79 Å². The first kappa shape index (κ1) is 22.2. The molecular formula is C24H29N5O2S. The molecule has 1 N–H and O–H groups in total. The number of hydrogen-bond acceptors (Lipinski definition) is 7. The summed E-state index contributed by atoms with van der Waals surface area (Å²) in [6.07, 6.45) is 2.49. The third kappa shape index (κ3) is 5.43. The third-order valence-corrected chi connectivity index (χ3v) is 6.42. The fourth-order valence-electron chi connectivity index (χ4n) is 3.84. The van der Waals surface area contributed by atoms with Crippen molar-refractivity contribution in [1.82, 2.24) is 10.2 Å². The van der Waals surface area contributed by atoms with Gasteiger partial charge in [-0.1, -0.05) is 11.8 Å². The van der Waals surface area contributed by atoms with Gasteiger partial charge >= 0.3 is 0 Å². The van der Waals surface area contributed by atoms with Crippen LogP contribution in [0.1, 0.15) is 26.7 Å². The van der Waals surface area contributed by atoms with Gasteiger partial charge in [0.1, 0.15) is 0 Å². The number of carbonyl (C=O) groups is 1. The van der Waals surface area contributed by atoms with Gasteiger partial charge in [-0.05, 0) is 75.2 Å². The van der Waals surface area contributed by atoms with Crippen LogP contribution in [0.25, 0.3) is 11.5 Å². The fraction of sp³-hybridized carbons (Fsp3) is 0.375. The molecular weight excluding hydrogens is 422 g/mol. The summed E-state index contributed by atoms with van der Waals surface area (Å²) in [6, 6.07) is 16.1. The highest BCUT2D eigenvalue weighted by molar-refractivity contribution is 7.99. The lowest BCUT2D eigenvalue weighted by Crippen LogP contribution is -2.21. The number of hydrogen-bond donors (Lipinski definition) is 1. The van der Waals surface area contributed by atoms with E-state index in [0.717, 1.165) is 43.1 Å². The summed E-state index contributed by atoms with van der Waals surface area (Å²) in [6.45, 7) is 8.41. The minimum atomic E-state index is -0.104. The molecule has 0 aliphatic carbocycles. The number of thioether (sulfide) groups is 1. The van der Waals surface area contributed by atoms with E-state index in [-0.39, 0.29) is 11.7 Å². The molecule has 0 bridgehead atoms. The van der Waals surface area contributed by atoms with E-state index in [1.807, 2.05) is 24.3 Å². The second kappa shape index (κ2) is 10.5. The summed E-state index contributed by atoms with van der Waals surface area (Å²) in [5.41, 5.74) is 4.03. The van der Waals surface area contributed by atoms with E-state index in [0.29, 0.717) is 11.1 Å². The van der Waals surface area contributed by atoms with Gasteiger partial charge in [-0.3, -0.25) is 4.79 Å². The smallest absolute Gasteiger partial charge is 0.277 e. The Labute approximate surface area is 193 Å². The van der Waals surface area contributed by atoms with Crippen molar-refractivity contribution in [1.29, 1.82) is 0 Å². The van der Waals surface area contributed by atoms with Gasteiger partial charge in [-0.15, -0.1) is 10.2 Å². The molecule has 8 heteroatoms. The minimum absolute atomic E-state index is 0.104. The number of nitrogens with zero attached hydrogens (tertiary/aromatic N) is 4. The van der Waals surface area contributed by atoms with Gasteiger partial charge in [-0.2, -0.15) is 0 Å². The molecule has 0 radical (unpaired) electrons. The standard InChI is InChI=1S/C24H29N5O2S/c1-3-28(4-2)20-11-7-18(8-12-20)23-26-27-24(31-23)32-17-22(30)25-19-9-13-21(14-10-19)29-15-5-6-16-29/h7-14H,3-6,15-17H2,1-2H3,(H,25,30). The molecule has 1 aromatic heterocycles. The third-order valence-electron chi connectivity index (χ3n) is 5.60. The van der Waals surface area contributed by atoms with Gasteiger partial charge in [0, 0.05) is 48.8 Å². The Morgan fingerprint density at radius 2 is 1.72 bits per heavy atom. The van der Waals surface area contributed by atoms with Crippen LogP contribution in [0.5, 0.6) is 0 Å². The average molecular weight is 452 g/mol. The fourth-order valence-corrected chi connectivity index (χ4v) is 4.41. The lowest BCUT2D eigenvalue weighted by atomic mass is 10.2. The molecule has 2 heterocycles. The van der Waals surface area contributed by atoms with Crippen molar-refractivity contribution in [3.8, 4) is 11.5 Å². The lowest BCUT2D eigenvalue weighted by Gasteiger charge is -2.20. The maximum absolute atomic E-state index is 12.3. The van der Waals surface area contributed by atoms with E-state index in [1.54, 1.807) is 0 Å². The molecule has 3 aromatic rings. The van der Waals surface area contributed by atoms with Gasteiger partial charge in [0.05, 0.1) is 5.75 Å². The van der Waals surface area contributed by atoms with Gasteiger partial charge < -0.3 is 19.5 Å². The van der Waals surface area contributed by atoms with E-state index >= 15 is 0 Å². The number of benzene rings is 2. The highest BCUT2D eigenvalue weighted by Gasteiger charge is 2.14. The summed E-state index contributed by atoms with van der Waals surface area (Å²) < 4.78 is 5.74. The van der Waals surface area contributed by atoms with Crippen molar-refractivity contribution in [3.63, 3.8) is 0 Å². The van der Waals surface area contributed by atoms with Crippen molar-refractivity contribution in [2.24, 2.45) is 0 Å². The minimum Gasteiger partial charge on any atom is -0.411 e. The molecule has 4 rings (SSSR count). The van der Waals surface area contributed by atoms with E-state index in [9.17, 15) is 4.79 Å². The van der Waals surface area contributed by atoms with Crippen molar-refractivity contribution >= 4 is 34.7 Å². The van der Waals surface area contributed by atoms with Gasteiger partial charge in [0.15, 0.2) is 0 Å². The van der Waals surface area contributed by atoms with Crippen molar-refractivity contribution in [2.75, 3.05) is 47.0 Å². The molecule has 32 heavy (non-hydrogen) atoms. The molecule has 0 unspecified atom stereocenters. The van der Waals surface area contributed by atoms with Gasteiger partial charge in [-0.25, -0.2) is 0 Å². The predicted octanol–water partition coefficient (Wildman–Crippen LogP) is 4.91. The number of aromatic nitrogens is 2. The van der Waals surface area contributed by atoms with E-state index in [1.165, 1.54) is 30.3 Å². The second-order valence-electron chi connectivity index (χ2n) is 7.67. The van der Waals surface area contributed by atoms with Crippen LogP contribution in [0.3, 0.4) is 0 Å². The molecule has 2 aromatic carbocycles. The van der Waals surface area contributed by atoms with Crippen molar-refractivity contribution < 1.29 is 9.21 Å². The first-order valence-corrected chi connectivity index (χ1v) is 12.1. The molecule has 1 saturated heterocycles. The van der Waals surface area contributed by atoms with Crippen LogP contribution >= 0.6 is 11.8 Å². The van der Waals surface area contributed by atoms with Crippen LogP contribution in [0.4, 0.5) is 17.1 Å². The molecule has 1 aliphatic rings. The van der Waals surface area contributed by atoms with Gasteiger partial charge in [0.2, 0.25) is 11.8 Å². The molecule has 168 valence electrons. The zero-order valence-electron chi connectivity index (χ0n) is 18.6. The summed E-state index contributed by atoms with van der Waals surface area (Å²) in [7, 11) is 0. The molecule has 1 aliphatic heterocycles. The number of amides is 1. The Bertz CT molecular complexity index is 1010. The normalized spacial score (nSPS) is 13.4. The molecule has 7 nitrogen and oxygen atoms in total. The van der Waals surface area contributed by atoms with Crippen LogP contribution < -0.4 is 15.1 Å². The maximum atomic E-state index is 12.3. The monoisotopic (exact) mass is 451 g/mol. The molecule has 0 spiro atoms. The van der Waals surface area contributed by atoms with Crippen molar-refractivity contribution in [3.05, 3.63) is 48.5 Å². The van der Waals surface area contributed by atoms with Crippen LogP contribution in [0.15, 0.2) is 58.2 Å². The Morgan fingerprint density at radius 3 is 2.38 bits per heavy atom. The summed E-state index contributed by atoms with van der Waals surface area (Å²) in [5, 5.41) is 11.5. The average Bonchev–Trinajstić information content (AvgIpc) is 3.52. The number of carbonyl (C=O) groups excluding carboxylic acids is 1. The Morgan fingerprint density at radius 1 is 1.03 bits per heavy atom. The summed E-state index contributed by atoms with van der Waals surface area (Å²) in [4.78, 5) is 17.0. The number of rotatable bonds is 9.